The van der Waals surface area contributed by atoms with Crippen LogP contribution in [0.4, 0.5) is 5.95 Å². The van der Waals surface area contributed by atoms with Crippen LogP contribution in [0.3, 0.4) is 0 Å². The van der Waals surface area contributed by atoms with Gasteiger partial charge in [-0.3, -0.25) is 14.3 Å². The van der Waals surface area contributed by atoms with Crippen molar-refractivity contribution in [1.29, 1.82) is 0 Å². The SMILES string of the molecule is CCn1c(N2CCO[C@@H](C)[C@@H]2C)nc(-c2ccncc2)cc1=O. The molecule has 1 aliphatic rings. The summed E-state index contributed by atoms with van der Waals surface area (Å²) in [6.07, 6.45) is 3.53. The van der Waals surface area contributed by atoms with Crippen molar-refractivity contribution >= 4 is 5.95 Å². The number of nitrogens with zero attached hydrogens (tertiary/aromatic N) is 4. The molecule has 1 fully saturated rings. The van der Waals surface area contributed by atoms with Crippen molar-refractivity contribution < 1.29 is 4.74 Å². The summed E-state index contributed by atoms with van der Waals surface area (Å²) in [5.41, 5.74) is 1.55. The number of ether oxygens (including phenoxy) is 1. The molecule has 0 amide bonds. The number of aromatic nitrogens is 3. The van der Waals surface area contributed by atoms with Crippen molar-refractivity contribution in [2.75, 3.05) is 18.1 Å². The molecular weight excluding hydrogens is 292 g/mol. The summed E-state index contributed by atoms with van der Waals surface area (Å²) in [6.45, 7) is 8.10. The van der Waals surface area contributed by atoms with Gasteiger partial charge in [-0.1, -0.05) is 0 Å². The fourth-order valence-corrected chi connectivity index (χ4v) is 2.90. The van der Waals surface area contributed by atoms with E-state index in [-0.39, 0.29) is 17.7 Å². The molecule has 23 heavy (non-hydrogen) atoms. The first kappa shape index (κ1) is 15.7. The molecule has 6 heteroatoms. The monoisotopic (exact) mass is 314 g/mol. The topological polar surface area (TPSA) is 60.2 Å². The van der Waals surface area contributed by atoms with Crippen LogP contribution in [0.25, 0.3) is 11.3 Å². The molecule has 0 saturated carbocycles. The van der Waals surface area contributed by atoms with Crippen molar-refractivity contribution in [3.63, 3.8) is 0 Å². The van der Waals surface area contributed by atoms with Gasteiger partial charge in [0.25, 0.3) is 5.56 Å². The van der Waals surface area contributed by atoms with Crippen LogP contribution in [0.5, 0.6) is 0 Å². The standard InChI is InChI=1S/C17H22N4O2/c1-4-20-16(22)11-15(14-5-7-18-8-6-14)19-17(20)21-9-10-23-13(3)12(21)2/h5-8,11-13H,4,9-10H2,1-3H3/t12-,13-/m0/s1. The molecule has 1 saturated heterocycles. The van der Waals surface area contributed by atoms with Crippen LogP contribution < -0.4 is 10.5 Å². The molecule has 0 unspecified atom stereocenters. The van der Waals surface area contributed by atoms with Crippen molar-refractivity contribution in [3.05, 3.63) is 40.9 Å². The Balaban J connectivity index is 2.11. The molecule has 2 atom stereocenters. The van der Waals surface area contributed by atoms with Crippen LogP contribution in [0.1, 0.15) is 20.8 Å². The van der Waals surface area contributed by atoms with Crippen LogP contribution in [-0.4, -0.2) is 39.8 Å². The maximum Gasteiger partial charge on any atom is 0.255 e. The average Bonchev–Trinajstić information content (AvgIpc) is 2.57. The fourth-order valence-electron chi connectivity index (χ4n) is 2.90. The molecule has 0 aromatic carbocycles. The highest BCUT2D eigenvalue weighted by Gasteiger charge is 2.28. The largest absolute Gasteiger partial charge is 0.375 e. The van der Waals surface area contributed by atoms with E-state index in [4.69, 9.17) is 9.72 Å². The van der Waals surface area contributed by atoms with E-state index in [1.54, 1.807) is 23.0 Å². The van der Waals surface area contributed by atoms with E-state index in [0.29, 0.717) is 18.8 Å². The molecule has 2 aromatic rings. The molecule has 0 N–H and O–H groups in total. The summed E-state index contributed by atoms with van der Waals surface area (Å²) < 4.78 is 7.42. The average molecular weight is 314 g/mol. The van der Waals surface area contributed by atoms with Gasteiger partial charge < -0.3 is 9.64 Å². The van der Waals surface area contributed by atoms with E-state index in [1.165, 1.54) is 0 Å². The van der Waals surface area contributed by atoms with Gasteiger partial charge in [0, 0.05) is 37.1 Å². The van der Waals surface area contributed by atoms with Gasteiger partial charge in [-0.25, -0.2) is 4.98 Å². The number of hydrogen-bond donors (Lipinski definition) is 0. The third-order valence-electron chi connectivity index (χ3n) is 4.42. The second-order valence-electron chi connectivity index (χ2n) is 5.77. The van der Waals surface area contributed by atoms with Gasteiger partial charge in [0.2, 0.25) is 5.95 Å². The first-order chi connectivity index (χ1) is 11.1. The Bertz CT molecular complexity index is 729. The molecule has 0 bridgehead atoms. The summed E-state index contributed by atoms with van der Waals surface area (Å²) in [4.78, 5) is 23.5. The first-order valence-corrected chi connectivity index (χ1v) is 8.02. The normalized spacial score (nSPS) is 21.4. The van der Waals surface area contributed by atoms with Gasteiger partial charge in [-0.15, -0.1) is 0 Å². The quantitative estimate of drug-likeness (QED) is 0.866. The van der Waals surface area contributed by atoms with Gasteiger partial charge in [0.05, 0.1) is 24.4 Å². The Morgan fingerprint density at radius 3 is 2.74 bits per heavy atom. The number of anilines is 1. The number of pyridine rings is 1. The fraction of sp³-hybridized carbons (Fsp3) is 0.471. The van der Waals surface area contributed by atoms with Crippen LogP contribution in [-0.2, 0) is 11.3 Å². The highest BCUT2D eigenvalue weighted by atomic mass is 16.5. The lowest BCUT2D eigenvalue weighted by atomic mass is 10.1. The zero-order chi connectivity index (χ0) is 16.4. The molecule has 2 aromatic heterocycles. The predicted octanol–water partition coefficient (Wildman–Crippen LogP) is 1.94. The Hall–Kier alpha value is -2.21. The molecule has 1 aliphatic heterocycles. The van der Waals surface area contributed by atoms with Crippen molar-refractivity contribution in [2.45, 2.75) is 39.5 Å². The van der Waals surface area contributed by atoms with Crippen molar-refractivity contribution in [3.8, 4) is 11.3 Å². The lowest BCUT2D eigenvalue weighted by Crippen LogP contribution is -2.50. The van der Waals surface area contributed by atoms with Gasteiger partial charge in [-0.05, 0) is 32.9 Å². The minimum Gasteiger partial charge on any atom is -0.375 e. The van der Waals surface area contributed by atoms with E-state index < -0.39 is 0 Å². The number of morpholine rings is 1. The predicted molar refractivity (Wildman–Crippen MR) is 89.6 cm³/mol. The minimum atomic E-state index is -0.0318. The molecule has 3 heterocycles. The van der Waals surface area contributed by atoms with E-state index >= 15 is 0 Å². The number of rotatable bonds is 3. The smallest absolute Gasteiger partial charge is 0.255 e. The Morgan fingerprint density at radius 1 is 1.30 bits per heavy atom. The summed E-state index contributed by atoms with van der Waals surface area (Å²) >= 11 is 0. The minimum absolute atomic E-state index is 0.0318. The third kappa shape index (κ3) is 2.99. The molecule has 0 spiro atoms. The van der Waals surface area contributed by atoms with E-state index in [0.717, 1.165) is 18.1 Å². The highest BCUT2D eigenvalue weighted by Crippen LogP contribution is 2.23. The van der Waals surface area contributed by atoms with Gasteiger partial charge in [-0.2, -0.15) is 0 Å². The molecule has 122 valence electrons. The molecule has 6 nitrogen and oxygen atoms in total. The van der Waals surface area contributed by atoms with Gasteiger partial charge in [0.15, 0.2) is 0 Å². The first-order valence-electron chi connectivity index (χ1n) is 8.02. The summed E-state index contributed by atoms with van der Waals surface area (Å²) in [5.74, 6) is 0.717. The maximum atomic E-state index is 12.5. The molecule has 0 radical (unpaired) electrons. The molecular formula is C17H22N4O2. The Labute approximate surface area is 135 Å². The van der Waals surface area contributed by atoms with Crippen LogP contribution >= 0.6 is 0 Å². The van der Waals surface area contributed by atoms with Gasteiger partial charge in [0.1, 0.15) is 0 Å². The highest BCUT2D eigenvalue weighted by molar-refractivity contribution is 5.59. The lowest BCUT2D eigenvalue weighted by molar-refractivity contribution is 0.0274. The van der Waals surface area contributed by atoms with E-state index in [9.17, 15) is 4.79 Å². The Morgan fingerprint density at radius 2 is 2.04 bits per heavy atom. The Kier molecular flexibility index (Phi) is 4.43. The summed E-state index contributed by atoms with van der Waals surface area (Å²) in [7, 11) is 0. The summed E-state index contributed by atoms with van der Waals surface area (Å²) in [6, 6.07) is 5.50. The van der Waals surface area contributed by atoms with E-state index in [2.05, 4.69) is 23.7 Å². The molecule has 3 rings (SSSR count). The maximum absolute atomic E-state index is 12.5. The van der Waals surface area contributed by atoms with Gasteiger partial charge >= 0.3 is 0 Å². The lowest BCUT2D eigenvalue weighted by Gasteiger charge is -2.39. The number of hydrogen-bond acceptors (Lipinski definition) is 5. The third-order valence-corrected chi connectivity index (χ3v) is 4.42. The zero-order valence-electron chi connectivity index (χ0n) is 13.8. The second kappa shape index (κ2) is 6.50. The van der Waals surface area contributed by atoms with Crippen LogP contribution in [0.15, 0.2) is 35.4 Å². The molecule has 0 aliphatic carbocycles. The van der Waals surface area contributed by atoms with Crippen molar-refractivity contribution in [2.24, 2.45) is 0 Å². The van der Waals surface area contributed by atoms with Crippen LogP contribution in [0.2, 0.25) is 0 Å². The van der Waals surface area contributed by atoms with Crippen LogP contribution in [0, 0.1) is 0 Å². The second-order valence-corrected chi connectivity index (χ2v) is 5.77. The van der Waals surface area contributed by atoms with Crippen molar-refractivity contribution in [1.82, 2.24) is 14.5 Å². The summed E-state index contributed by atoms with van der Waals surface area (Å²) in [5, 5.41) is 0. The van der Waals surface area contributed by atoms with E-state index in [1.807, 2.05) is 19.1 Å². The zero-order valence-corrected chi connectivity index (χ0v) is 13.8.